The SMILES string of the molecule is CCc1cc(Cl)c(O)c(CC)c1. The highest BCUT2D eigenvalue weighted by Gasteiger charge is 2.05. The van der Waals surface area contributed by atoms with E-state index in [2.05, 4.69) is 6.92 Å². The minimum atomic E-state index is 0.233. The van der Waals surface area contributed by atoms with E-state index in [4.69, 9.17) is 11.6 Å². The Labute approximate surface area is 78.0 Å². The summed E-state index contributed by atoms with van der Waals surface area (Å²) in [6, 6.07) is 3.82. The van der Waals surface area contributed by atoms with Crippen molar-refractivity contribution in [1.29, 1.82) is 0 Å². The van der Waals surface area contributed by atoms with Crippen molar-refractivity contribution in [2.45, 2.75) is 26.7 Å². The number of aromatic hydroxyl groups is 1. The highest BCUT2D eigenvalue weighted by molar-refractivity contribution is 6.32. The van der Waals surface area contributed by atoms with Crippen molar-refractivity contribution in [1.82, 2.24) is 0 Å². The molecule has 0 aliphatic rings. The Kier molecular flexibility index (Phi) is 2.99. The van der Waals surface area contributed by atoms with Gasteiger partial charge in [0.05, 0.1) is 5.02 Å². The van der Waals surface area contributed by atoms with E-state index in [1.807, 2.05) is 19.1 Å². The van der Waals surface area contributed by atoms with Crippen molar-refractivity contribution in [3.63, 3.8) is 0 Å². The van der Waals surface area contributed by atoms with Gasteiger partial charge in [0.1, 0.15) is 5.75 Å². The van der Waals surface area contributed by atoms with E-state index in [0.29, 0.717) is 5.02 Å². The Morgan fingerprint density at radius 1 is 1.25 bits per heavy atom. The van der Waals surface area contributed by atoms with Gasteiger partial charge >= 0.3 is 0 Å². The summed E-state index contributed by atoms with van der Waals surface area (Å²) in [4.78, 5) is 0. The number of aryl methyl sites for hydroxylation is 2. The third-order valence-corrected chi connectivity index (χ3v) is 2.28. The van der Waals surface area contributed by atoms with Crippen LogP contribution in [0.4, 0.5) is 0 Å². The lowest BCUT2D eigenvalue weighted by atomic mass is 10.1. The molecule has 0 amide bonds. The second-order valence-electron chi connectivity index (χ2n) is 2.79. The number of halogens is 1. The molecule has 12 heavy (non-hydrogen) atoms. The maximum atomic E-state index is 9.49. The molecular weight excluding hydrogens is 172 g/mol. The van der Waals surface area contributed by atoms with E-state index in [1.165, 1.54) is 5.56 Å². The molecule has 0 atom stereocenters. The molecule has 1 N–H and O–H groups in total. The first-order valence-corrected chi connectivity index (χ1v) is 4.57. The Balaban J connectivity index is 3.19. The summed E-state index contributed by atoms with van der Waals surface area (Å²) in [5, 5.41) is 9.95. The molecule has 0 unspecified atom stereocenters. The number of phenolic OH excluding ortho intramolecular Hbond substituents is 1. The van der Waals surface area contributed by atoms with Gasteiger partial charge in [0.2, 0.25) is 0 Å². The number of rotatable bonds is 2. The molecule has 1 aromatic carbocycles. The van der Waals surface area contributed by atoms with Crippen LogP contribution in [0.25, 0.3) is 0 Å². The van der Waals surface area contributed by atoms with Gasteiger partial charge in [-0.25, -0.2) is 0 Å². The van der Waals surface area contributed by atoms with E-state index in [0.717, 1.165) is 18.4 Å². The number of hydrogen-bond donors (Lipinski definition) is 1. The zero-order valence-corrected chi connectivity index (χ0v) is 8.15. The van der Waals surface area contributed by atoms with Gasteiger partial charge in [-0.2, -0.15) is 0 Å². The largest absolute Gasteiger partial charge is 0.506 e. The van der Waals surface area contributed by atoms with Crippen LogP contribution in [0.3, 0.4) is 0 Å². The highest BCUT2D eigenvalue weighted by atomic mass is 35.5. The Morgan fingerprint density at radius 3 is 2.42 bits per heavy atom. The smallest absolute Gasteiger partial charge is 0.137 e. The zero-order chi connectivity index (χ0) is 9.14. The van der Waals surface area contributed by atoms with Gasteiger partial charge in [0.25, 0.3) is 0 Å². The molecule has 0 fully saturated rings. The minimum Gasteiger partial charge on any atom is -0.506 e. The predicted octanol–water partition coefficient (Wildman–Crippen LogP) is 3.17. The monoisotopic (exact) mass is 184 g/mol. The molecule has 0 aromatic heterocycles. The van der Waals surface area contributed by atoms with E-state index < -0.39 is 0 Å². The van der Waals surface area contributed by atoms with Crippen LogP contribution >= 0.6 is 11.6 Å². The molecule has 1 aromatic rings. The van der Waals surface area contributed by atoms with Gasteiger partial charge < -0.3 is 5.11 Å². The predicted molar refractivity (Wildman–Crippen MR) is 51.9 cm³/mol. The van der Waals surface area contributed by atoms with Crippen LogP contribution in [0.15, 0.2) is 12.1 Å². The number of hydrogen-bond acceptors (Lipinski definition) is 1. The molecule has 1 rings (SSSR count). The van der Waals surface area contributed by atoms with Gasteiger partial charge in [0.15, 0.2) is 0 Å². The lowest BCUT2D eigenvalue weighted by Gasteiger charge is -2.06. The average Bonchev–Trinajstić information content (AvgIpc) is 2.09. The van der Waals surface area contributed by atoms with Crippen LogP contribution in [-0.2, 0) is 12.8 Å². The van der Waals surface area contributed by atoms with Crippen LogP contribution in [0.1, 0.15) is 25.0 Å². The fraction of sp³-hybridized carbons (Fsp3) is 0.400. The topological polar surface area (TPSA) is 20.2 Å². The minimum absolute atomic E-state index is 0.233. The van der Waals surface area contributed by atoms with Crippen molar-refractivity contribution in [2.24, 2.45) is 0 Å². The summed E-state index contributed by atoms with van der Waals surface area (Å²) >= 11 is 5.83. The molecule has 0 aliphatic heterocycles. The molecule has 0 saturated carbocycles. The molecule has 0 spiro atoms. The molecule has 0 saturated heterocycles. The van der Waals surface area contributed by atoms with E-state index in [-0.39, 0.29) is 5.75 Å². The second-order valence-corrected chi connectivity index (χ2v) is 3.20. The number of benzene rings is 1. The first-order chi connectivity index (χ1) is 5.69. The lowest BCUT2D eigenvalue weighted by molar-refractivity contribution is 0.469. The van der Waals surface area contributed by atoms with Crippen LogP contribution in [0, 0.1) is 0 Å². The summed E-state index contributed by atoms with van der Waals surface area (Å²) in [5.74, 6) is 0.233. The number of phenols is 1. The third kappa shape index (κ3) is 1.72. The van der Waals surface area contributed by atoms with E-state index >= 15 is 0 Å². The zero-order valence-electron chi connectivity index (χ0n) is 7.39. The Morgan fingerprint density at radius 2 is 1.92 bits per heavy atom. The molecule has 1 nitrogen and oxygen atoms in total. The van der Waals surface area contributed by atoms with Crippen LogP contribution < -0.4 is 0 Å². The molecule has 66 valence electrons. The van der Waals surface area contributed by atoms with Crippen molar-refractivity contribution in [2.75, 3.05) is 0 Å². The fourth-order valence-corrected chi connectivity index (χ4v) is 1.45. The summed E-state index contributed by atoms with van der Waals surface area (Å²) in [7, 11) is 0. The van der Waals surface area contributed by atoms with Crippen LogP contribution in [0.2, 0.25) is 5.02 Å². The normalized spacial score (nSPS) is 10.2. The van der Waals surface area contributed by atoms with Crippen LogP contribution in [0.5, 0.6) is 5.75 Å². The molecular formula is C10H13ClO. The lowest BCUT2D eigenvalue weighted by Crippen LogP contribution is -1.87. The molecule has 0 aliphatic carbocycles. The molecule has 0 radical (unpaired) electrons. The standard InChI is InChI=1S/C10H13ClO/c1-3-7-5-8(4-2)10(12)9(11)6-7/h5-6,12H,3-4H2,1-2H3. The highest BCUT2D eigenvalue weighted by Crippen LogP contribution is 2.29. The molecule has 0 heterocycles. The first-order valence-electron chi connectivity index (χ1n) is 4.19. The summed E-state index contributed by atoms with van der Waals surface area (Å²) < 4.78 is 0. The Bertz CT molecular complexity index is 281. The maximum absolute atomic E-state index is 9.49. The van der Waals surface area contributed by atoms with Gasteiger partial charge in [-0.3, -0.25) is 0 Å². The van der Waals surface area contributed by atoms with Gasteiger partial charge in [-0.1, -0.05) is 31.5 Å². The van der Waals surface area contributed by atoms with Gasteiger partial charge in [-0.15, -0.1) is 0 Å². The van der Waals surface area contributed by atoms with Crippen molar-refractivity contribution < 1.29 is 5.11 Å². The second kappa shape index (κ2) is 3.81. The van der Waals surface area contributed by atoms with E-state index in [1.54, 1.807) is 0 Å². The molecule has 0 bridgehead atoms. The Hall–Kier alpha value is -0.690. The van der Waals surface area contributed by atoms with Gasteiger partial charge in [0, 0.05) is 0 Å². The average molecular weight is 185 g/mol. The molecule has 2 heteroatoms. The fourth-order valence-electron chi connectivity index (χ4n) is 1.19. The summed E-state index contributed by atoms with van der Waals surface area (Å²) in [6.07, 6.45) is 1.77. The van der Waals surface area contributed by atoms with Crippen molar-refractivity contribution in [3.05, 3.63) is 28.3 Å². The maximum Gasteiger partial charge on any atom is 0.137 e. The quantitative estimate of drug-likeness (QED) is 0.749. The summed E-state index contributed by atoms with van der Waals surface area (Å²) in [6.45, 7) is 4.08. The van der Waals surface area contributed by atoms with Gasteiger partial charge in [-0.05, 0) is 30.0 Å². The van der Waals surface area contributed by atoms with Crippen molar-refractivity contribution >= 4 is 11.6 Å². The van der Waals surface area contributed by atoms with E-state index in [9.17, 15) is 5.11 Å². The first kappa shape index (κ1) is 9.40. The van der Waals surface area contributed by atoms with Crippen LogP contribution in [-0.4, -0.2) is 5.11 Å². The van der Waals surface area contributed by atoms with Crippen molar-refractivity contribution in [3.8, 4) is 5.75 Å². The summed E-state index contributed by atoms with van der Waals surface area (Å²) in [5.41, 5.74) is 2.11. The third-order valence-electron chi connectivity index (χ3n) is 1.99.